The third-order valence-corrected chi connectivity index (χ3v) is 3.39. The Labute approximate surface area is 93.7 Å². The molecule has 0 bridgehead atoms. The third-order valence-electron chi connectivity index (χ3n) is 3.39. The molecule has 15 heavy (non-hydrogen) atoms. The second-order valence-electron chi connectivity index (χ2n) is 4.84. The van der Waals surface area contributed by atoms with E-state index >= 15 is 0 Å². The zero-order chi connectivity index (χ0) is 11.5. The van der Waals surface area contributed by atoms with Crippen molar-refractivity contribution in [3.05, 3.63) is 35.4 Å². The molecule has 0 saturated carbocycles. The summed E-state index contributed by atoms with van der Waals surface area (Å²) in [7, 11) is 0. The molecule has 1 nitrogen and oxygen atoms in total. The lowest BCUT2D eigenvalue weighted by atomic mass is 9.79. The summed E-state index contributed by atoms with van der Waals surface area (Å²) in [5.41, 5.74) is 8.77. The molecule has 84 valence electrons. The summed E-state index contributed by atoms with van der Waals surface area (Å²) in [5, 5.41) is 0. The van der Waals surface area contributed by atoms with Crippen molar-refractivity contribution in [1.82, 2.24) is 0 Å². The summed E-state index contributed by atoms with van der Waals surface area (Å²) in [6.45, 7) is 8.71. The minimum absolute atomic E-state index is 0.206. The van der Waals surface area contributed by atoms with E-state index in [4.69, 9.17) is 5.73 Å². The van der Waals surface area contributed by atoms with Crippen LogP contribution in [0.2, 0.25) is 0 Å². The van der Waals surface area contributed by atoms with Gasteiger partial charge in [0.05, 0.1) is 0 Å². The number of nitrogens with two attached hydrogens (primary N) is 1. The highest BCUT2D eigenvalue weighted by atomic mass is 14.7. The maximum absolute atomic E-state index is 6.44. The molecule has 1 heteroatoms. The van der Waals surface area contributed by atoms with Crippen LogP contribution in [0.1, 0.15) is 44.7 Å². The van der Waals surface area contributed by atoms with Gasteiger partial charge in [-0.15, -0.1) is 0 Å². The fourth-order valence-electron chi connectivity index (χ4n) is 2.00. The summed E-state index contributed by atoms with van der Waals surface area (Å²) in [4.78, 5) is 0. The van der Waals surface area contributed by atoms with E-state index in [0.29, 0.717) is 5.92 Å². The Morgan fingerprint density at radius 2 is 2.07 bits per heavy atom. The molecule has 0 aromatic heterocycles. The number of benzene rings is 1. The van der Waals surface area contributed by atoms with Crippen LogP contribution in [0.25, 0.3) is 0 Å². The maximum Gasteiger partial charge on any atom is 0.0407 e. The number of aryl methyl sites for hydroxylation is 1. The Bertz CT molecular complexity index is 315. The molecule has 2 unspecified atom stereocenters. The van der Waals surface area contributed by atoms with Gasteiger partial charge < -0.3 is 5.73 Å². The molecule has 1 aromatic rings. The fourth-order valence-corrected chi connectivity index (χ4v) is 2.00. The summed E-state index contributed by atoms with van der Waals surface area (Å²) in [6, 6.07) is 8.55. The summed E-state index contributed by atoms with van der Waals surface area (Å²) < 4.78 is 0. The Kier molecular flexibility index (Phi) is 3.92. The van der Waals surface area contributed by atoms with Gasteiger partial charge in [-0.2, -0.15) is 0 Å². The van der Waals surface area contributed by atoms with Gasteiger partial charge in [0.25, 0.3) is 0 Å². The topological polar surface area (TPSA) is 26.0 Å². The van der Waals surface area contributed by atoms with Crippen LogP contribution in [0.5, 0.6) is 0 Å². The van der Waals surface area contributed by atoms with Gasteiger partial charge in [0.1, 0.15) is 0 Å². The van der Waals surface area contributed by atoms with Crippen LogP contribution in [-0.4, -0.2) is 0 Å². The van der Waals surface area contributed by atoms with E-state index in [-0.39, 0.29) is 5.54 Å². The van der Waals surface area contributed by atoms with Gasteiger partial charge in [-0.25, -0.2) is 0 Å². The fraction of sp³-hybridized carbons (Fsp3) is 0.571. The number of rotatable bonds is 4. The molecule has 2 N–H and O–H groups in total. The largest absolute Gasteiger partial charge is 0.321 e. The van der Waals surface area contributed by atoms with Gasteiger partial charge in [-0.05, 0) is 31.7 Å². The third kappa shape index (κ3) is 2.82. The highest BCUT2D eigenvalue weighted by Crippen LogP contribution is 2.29. The van der Waals surface area contributed by atoms with E-state index in [1.54, 1.807) is 0 Å². The molecule has 1 rings (SSSR count). The zero-order valence-electron chi connectivity index (χ0n) is 10.4. The van der Waals surface area contributed by atoms with Crippen LogP contribution in [-0.2, 0) is 5.54 Å². The van der Waals surface area contributed by atoms with Crippen molar-refractivity contribution in [3.63, 3.8) is 0 Å². The standard InChI is InChI=1S/C14H23N/c1-5-7-12(3)14(4,15)13-9-6-8-11(2)10-13/h6,8-10,12H,5,7,15H2,1-4H3. The molecule has 0 aliphatic heterocycles. The Morgan fingerprint density at radius 1 is 1.40 bits per heavy atom. The SMILES string of the molecule is CCCC(C)C(C)(N)c1cccc(C)c1. The molecule has 0 heterocycles. The van der Waals surface area contributed by atoms with Gasteiger partial charge in [-0.3, -0.25) is 0 Å². The normalized spacial score (nSPS) is 17.1. The molecule has 0 aliphatic carbocycles. The van der Waals surface area contributed by atoms with Crippen molar-refractivity contribution in [2.45, 2.75) is 46.1 Å². The predicted molar refractivity (Wildman–Crippen MR) is 66.8 cm³/mol. The van der Waals surface area contributed by atoms with Gasteiger partial charge in [0, 0.05) is 5.54 Å². The van der Waals surface area contributed by atoms with E-state index in [0.717, 1.165) is 0 Å². The summed E-state index contributed by atoms with van der Waals surface area (Å²) >= 11 is 0. The second kappa shape index (κ2) is 4.80. The van der Waals surface area contributed by atoms with E-state index in [9.17, 15) is 0 Å². The van der Waals surface area contributed by atoms with Gasteiger partial charge in [-0.1, -0.05) is 50.1 Å². The Hall–Kier alpha value is -0.820. The van der Waals surface area contributed by atoms with Crippen LogP contribution in [0.3, 0.4) is 0 Å². The van der Waals surface area contributed by atoms with Crippen molar-refractivity contribution >= 4 is 0 Å². The maximum atomic E-state index is 6.44. The lowest BCUT2D eigenvalue weighted by molar-refractivity contribution is 0.304. The molecular formula is C14H23N. The minimum atomic E-state index is -0.206. The van der Waals surface area contributed by atoms with Crippen molar-refractivity contribution in [2.75, 3.05) is 0 Å². The first-order valence-corrected chi connectivity index (χ1v) is 5.84. The van der Waals surface area contributed by atoms with Crippen LogP contribution in [0, 0.1) is 12.8 Å². The Balaban J connectivity index is 2.94. The van der Waals surface area contributed by atoms with Gasteiger partial charge in [0.15, 0.2) is 0 Å². The average molecular weight is 205 g/mol. The van der Waals surface area contributed by atoms with Crippen molar-refractivity contribution in [3.8, 4) is 0 Å². The number of hydrogen-bond donors (Lipinski definition) is 1. The van der Waals surface area contributed by atoms with Crippen molar-refractivity contribution in [1.29, 1.82) is 0 Å². The molecule has 0 aliphatic rings. The summed E-state index contributed by atoms with van der Waals surface area (Å²) in [5.74, 6) is 0.518. The first kappa shape index (κ1) is 12.3. The monoisotopic (exact) mass is 205 g/mol. The number of hydrogen-bond acceptors (Lipinski definition) is 1. The Morgan fingerprint density at radius 3 is 2.60 bits per heavy atom. The van der Waals surface area contributed by atoms with E-state index in [1.165, 1.54) is 24.0 Å². The van der Waals surface area contributed by atoms with Crippen LogP contribution in [0.4, 0.5) is 0 Å². The summed E-state index contributed by atoms with van der Waals surface area (Å²) in [6.07, 6.45) is 2.38. The highest BCUT2D eigenvalue weighted by molar-refractivity contribution is 5.28. The first-order chi connectivity index (χ1) is 6.98. The highest BCUT2D eigenvalue weighted by Gasteiger charge is 2.27. The van der Waals surface area contributed by atoms with Crippen molar-refractivity contribution in [2.24, 2.45) is 11.7 Å². The smallest absolute Gasteiger partial charge is 0.0407 e. The van der Waals surface area contributed by atoms with Crippen LogP contribution >= 0.6 is 0 Å². The van der Waals surface area contributed by atoms with E-state index in [2.05, 4.69) is 52.0 Å². The van der Waals surface area contributed by atoms with Crippen molar-refractivity contribution < 1.29 is 0 Å². The zero-order valence-corrected chi connectivity index (χ0v) is 10.4. The molecule has 0 amide bonds. The van der Waals surface area contributed by atoms with Gasteiger partial charge in [0.2, 0.25) is 0 Å². The lowest BCUT2D eigenvalue weighted by Crippen LogP contribution is -2.39. The molecule has 0 radical (unpaired) electrons. The lowest BCUT2D eigenvalue weighted by Gasteiger charge is -2.32. The predicted octanol–water partition coefficient (Wildman–Crippen LogP) is 3.61. The second-order valence-corrected chi connectivity index (χ2v) is 4.84. The van der Waals surface area contributed by atoms with Crippen LogP contribution in [0.15, 0.2) is 24.3 Å². The minimum Gasteiger partial charge on any atom is -0.321 e. The molecule has 1 aromatic carbocycles. The first-order valence-electron chi connectivity index (χ1n) is 5.84. The van der Waals surface area contributed by atoms with Gasteiger partial charge >= 0.3 is 0 Å². The molecule has 2 atom stereocenters. The molecular weight excluding hydrogens is 182 g/mol. The average Bonchev–Trinajstić information content (AvgIpc) is 2.18. The quantitative estimate of drug-likeness (QED) is 0.798. The van der Waals surface area contributed by atoms with E-state index < -0.39 is 0 Å². The molecule has 0 fully saturated rings. The molecule has 0 spiro atoms. The van der Waals surface area contributed by atoms with Crippen LogP contribution < -0.4 is 5.73 Å². The van der Waals surface area contributed by atoms with E-state index in [1.807, 2.05) is 0 Å². The molecule has 0 saturated heterocycles.